The van der Waals surface area contributed by atoms with Crippen molar-refractivity contribution >= 4 is 9.84 Å². The summed E-state index contributed by atoms with van der Waals surface area (Å²) in [5.41, 5.74) is 0. The van der Waals surface area contributed by atoms with Gasteiger partial charge in [-0.1, -0.05) is 82.9 Å². The molecule has 0 radical (unpaired) electrons. The van der Waals surface area contributed by atoms with E-state index in [0.717, 1.165) is 12.8 Å². The smallest absolute Gasteiger partial charge is 0.181 e. The van der Waals surface area contributed by atoms with Crippen LogP contribution in [0.1, 0.15) is 77.6 Å². The molecule has 1 aromatic rings. The van der Waals surface area contributed by atoms with Crippen molar-refractivity contribution in [3.63, 3.8) is 0 Å². The molecule has 0 saturated heterocycles. The lowest BCUT2D eigenvalue weighted by Crippen LogP contribution is -2.09. The van der Waals surface area contributed by atoms with E-state index in [0.29, 0.717) is 10.8 Å². The summed E-state index contributed by atoms with van der Waals surface area (Å²) in [6.07, 6.45) is 13.9. The lowest BCUT2D eigenvalue weighted by Gasteiger charge is -2.04. The van der Waals surface area contributed by atoms with Crippen LogP contribution in [0.25, 0.3) is 0 Å². The van der Waals surface area contributed by atoms with Crippen molar-refractivity contribution < 1.29 is 8.42 Å². The number of hydrogen-bond donors (Lipinski definition) is 0. The molecule has 0 N–H and O–H groups in total. The van der Waals surface area contributed by atoms with Gasteiger partial charge in [-0.3, -0.25) is 0 Å². The zero-order chi connectivity index (χ0) is 16.5. The molecule has 0 heterocycles. The number of sulfone groups is 1. The molecule has 2 rings (SSSR count). The van der Waals surface area contributed by atoms with Crippen LogP contribution >= 0.6 is 0 Å². The first kappa shape index (κ1) is 18.5. The lowest BCUT2D eigenvalue weighted by molar-refractivity contribution is 0.542. The summed E-state index contributed by atoms with van der Waals surface area (Å²) in [5.74, 6) is 0.407. The second kappa shape index (κ2) is 9.46. The van der Waals surface area contributed by atoms with Gasteiger partial charge in [-0.15, -0.1) is 0 Å². The van der Waals surface area contributed by atoms with Crippen molar-refractivity contribution in [2.24, 2.45) is 5.92 Å². The molecule has 0 aliphatic heterocycles. The van der Waals surface area contributed by atoms with Crippen LogP contribution in [0.3, 0.4) is 0 Å². The Bertz CT molecular complexity index is 536. The van der Waals surface area contributed by atoms with Crippen LogP contribution < -0.4 is 0 Å². The second-order valence-electron chi connectivity index (χ2n) is 7.01. The molecule has 0 bridgehead atoms. The predicted molar refractivity (Wildman–Crippen MR) is 97.4 cm³/mol. The molecule has 1 saturated carbocycles. The van der Waals surface area contributed by atoms with Crippen LogP contribution in [0.4, 0.5) is 0 Å². The van der Waals surface area contributed by atoms with E-state index in [4.69, 9.17) is 0 Å². The fourth-order valence-electron chi connectivity index (χ4n) is 3.41. The van der Waals surface area contributed by atoms with Crippen molar-refractivity contribution in [2.45, 2.75) is 87.7 Å². The van der Waals surface area contributed by atoms with E-state index in [2.05, 4.69) is 6.92 Å². The van der Waals surface area contributed by atoms with Crippen molar-refractivity contribution in [1.82, 2.24) is 0 Å². The van der Waals surface area contributed by atoms with E-state index >= 15 is 0 Å². The molecule has 2 atom stereocenters. The highest BCUT2D eigenvalue weighted by molar-refractivity contribution is 7.92. The first-order chi connectivity index (χ1) is 11.2. The Kier molecular flexibility index (Phi) is 7.61. The monoisotopic (exact) mass is 336 g/mol. The van der Waals surface area contributed by atoms with Gasteiger partial charge >= 0.3 is 0 Å². The van der Waals surface area contributed by atoms with Gasteiger partial charge in [-0.2, -0.15) is 0 Å². The fraction of sp³-hybridized carbons (Fsp3) is 0.700. The summed E-state index contributed by atoms with van der Waals surface area (Å²) < 4.78 is 24.9. The Labute approximate surface area is 142 Å². The van der Waals surface area contributed by atoms with Gasteiger partial charge in [-0.25, -0.2) is 8.42 Å². The molecule has 1 aliphatic carbocycles. The number of hydrogen-bond acceptors (Lipinski definition) is 2. The third-order valence-corrected chi connectivity index (χ3v) is 7.31. The summed E-state index contributed by atoms with van der Waals surface area (Å²) in [7, 11) is -3.08. The largest absolute Gasteiger partial charge is 0.223 e. The minimum atomic E-state index is -3.08. The van der Waals surface area contributed by atoms with Crippen molar-refractivity contribution in [3.05, 3.63) is 30.3 Å². The molecule has 2 nitrogen and oxygen atoms in total. The Morgan fingerprint density at radius 2 is 1.43 bits per heavy atom. The molecular formula is C20H32O2S. The third kappa shape index (κ3) is 5.95. The third-order valence-electron chi connectivity index (χ3n) is 5.01. The molecule has 1 fully saturated rings. The lowest BCUT2D eigenvalue weighted by atomic mass is 10.1. The maximum Gasteiger partial charge on any atom is 0.181 e. The molecule has 0 spiro atoms. The minimum absolute atomic E-state index is 0.112. The summed E-state index contributed by atoms with van der Waals surface area (Å²) in [6, 6.07) is 8.94. The van der Waals surface area contributed by atoms with Gasteiger partial charge in [0.05, 0.1) is 10.1 Å². The normalized spacial score (nSPS) is 20.6. The van der Waals surface area contributed by atoms with Gasteiger partial charge < -0.3 is 0 Å². The van der Waals surface area contributed by atoms with Crippen LogP contribution in [-0.2, 0) is 9.84 Å². The van der Waals surface area contributed by atoms with E-state index in [1.165, 1.54) is 57.8 Å². The maximum atomic E-state index is 12.5. The fourth-order valence-corrected chi connectivity index (χ4v) is 5.44. The van der Waals surface area contributed by atoms with E-state index in [-0.39, 0.29) is 5.25 Å². The number of unbranched alkanes of at least 4 members (excludes halogenated alkanes) is 8. The standard InChI is InChI=1S/C20H32O2S/c1-2-3-4-5-6-7-8-9-11-14-18-17-20(18)23(21,22)19-15-12-10-13-16-19/h10,12-13,15-16,18,20H,2-9,11,14,17H2,1H3/t18-,20-/m1/s1. The van der Waals surface area contributed by atoms with Crippen LogP contribution in [0.2, 0.25) is 0 Å². The van der Waals surface area contributed by atoms with E-state index in [9.17, 15) is 8.42 Å². The molecule has 1 aliphatic rings. The van der Waals surface area contributed by atoms with Gasteiger partial charge in [0.25, 0.3) is 0 Å². The van der Waals surface area contributed by atoms with Crippen LogP contribution in [-0.4, -0.2) is 13.7 Å². The SMILES string of the molecule is CCCCCCCCCCC[C@@H]1C[C@H]1S(=O)(=O)c1ccccc1. The molecule has 0 aromatic heterocycles. The molecule has 1 aromatic carbocycles. The molecule has 23 heavy (non-hydrogen) atoms. The van der Waals surface area contributed by atoms with Gasteiger partial charge in [0.1, 0.15) is 0 Å². The quantitative estimate of drug-likeness (QED) is 0.454. The van der Waals surface area contributed by atoms with E-state index in [1.807, 2.05) is 18.2 Å². The first-order valence-corrected chi connectivity index (χ1v) is 11.0. The maximum absolute atomic E-state index is 12.5. The zero-order valence-electron chi connectivity index (χ0n) is 14.5. The molecule has 3 heteroatoms. The average Bonchev–Trinajstić information content (AvgIpc) is 3.34. The Morgan fingerprint density at radius 1 is 0.870 bits per heavy atom. The van der Waals surface area contributed by atoms with Gasteiger partial charge in [0.15, 0.2) is 9.84 Å². The van der Waals surface area contributed by atoms with Crippen LogP contribution in [0, 0.1) is 5.92 Å². The summed E-state index contributed by atoms with van der Waals surface area (Å²) >= 11 is 0. The van der Waals surface area contributed by atoms with E-state index in [1.54, 1.807) is 12.1 Å². The highest BCUT2D eigenvalue weighted by atomic mass is 32.2. The zero-order valence-corrected chi connectivity index (χ0v) is 15.4. The molecule has 130 valence electrons. The van der Waals surface area contributed by atoms with Crippen molar-refractivity contribution in [3.8, 4) is 0 Å². The van der Waals surface area contributed by atoms with Crippen molar-refractivity contribution in [2.75, 3.05) is 0 Å². The topological polar surface area (TPSA) is 34.1 Å². The summed E-state index contributed by atoms with van der Waals surface area (Å²) in [6.45, 7) is 2.25. The number of rotatable bonds is 12. The van der Waals surface area contributed by atoms with Gasteiger partial charge in [-0.05, 0) is 30.9 Å². The highest BCUT2D eigenvalue weighted by Crippen LogP contribution is 2.43. The van der Waals surface area contributed by atoms with Crippen molar-refractivity contribution in [1.29, 1.82) is 0 Å². The Morgan fingerprint density at radius 3 is 2.04 bits per heavy atom. The van der Waals surface area contributed by atoms with Crippen LogP contribution in [0.5, 0.6) is 0 Å². The summed E-state index contributed by atoms with van der Waals surface area (Å²) in [5, 5.41) is -0.112. The first-order valence-electron chi connectivity index (χ1n) is 9.45. The van der Waals surface area contributed by atoms with E-state index < -0.39 is 9.84 Å². The highest BCUT2D eigenvalue weighted by Gasteiger charge is 2.46. The molecule has 0 unspecified atom stereocenters. The number of benzene rings is 1. The average molecular weight is 337 g/mol. The Hall–Kier alpha value is -0.830. The molecule has 0 amide bonds. The second-order valence-corrected chi connectivity index (χ2v) is 9.18. The van der Waals surface area contributed by atoms with Gasteiger partial charge in [0.2, 0.25) is 0 Å². The van der Waals surface area contributed by atoms with Gasteiger partial charge in [0, 0.05) is 0 Å². The van der Waals surface area contributed by atoms with Crippen LogP contribution in [0.15, 0.2) is 35.2 Å². The molecular weight excluding hydrogens is 304 g/mol. The Balaban J connectivity index is 1.56. The summed E-state index contributed by atoms with van der Waals surface area (Å²) in [4.78, 5) is 0.500. The minimum Gasteiger partial charge on any atom is -0.223 e. The predicted octanol–water partition coefficient (Wildman–Crippen LogP) is 5.77.